The van der Waals surface area contributed by atoms with Crippen molar-refractivity contribution in [1.82, 2.24) is 15.0 Å². The van der Waals surface area contributed by atoms with E-state index in [1.807, 2.05) is 11.3 Å². The van der Waals surface area contributed by atoms with E-state index >= 15 is 0 Å². The number of hydrazine groups is 1. The quantitative estimate of drug-likeness (QED) is 0.182. The number of nitrogens with zero attached hydrogens (tertiary/aromatic N) is 3. The van der Waals surface area contributed by atoms with Gasteiger partial charge in [-0.15, -0.1) is 11.3 Å². The number of thiophene rings is 1. The number of para-hydroxylation sites is 2. The number of amidine groups is 1. The lowest BCUT2D eigenvalue weighted by Gasteiger charge is -2.23. The fourth-order valence-corrected chi connectivity index (χ4v) is 11.1. The first-order valence-electron chi connectivity index (χ1n) is 21.1. The molecule has 1 unspecified atom stereocenters. The van der Waals surface area contributed by atoms with Gasteiger partial charge in [-0.1, -0.05) is 133 Å². The van der Waals surface area contributed by atoms with E-state index in [0.29, 0.717) is 6.54 Å². The monoisotopic (exact) mass is 802 g/mol. The molecule has 61 heavy (non-hydrogen) atoms. The number of aryl methyl sites for hydroxylation is 1. The number of hydrogen-bond donors (Lipinski definition) is 1. The van der Waals surface area contributed by atoms with Crippen molar-refractivity contribution < 1.29 is 4.42 Å². The van der Waals surface area contributed by atoms with Crippen LogP contribution in [0, 0.1) is 0 Å². The first-order chi connectivity index (χ1) is 30.2. The molecule has 5 nitrogen and oxygen atoms in total. The molecular weight excluding hydrogens is 765 g/mol. The lowest BCUT2D eigenvalue weighted by molar-refractivity contribution is 0.293. The van der Waals surface area contributed by atoms with E-state index in [0.717, 1.165) is 62.9 Å². The average molecular weight is 803 g/mol. The fourth-order valence-electron chi connectivity index (χ4n) is 9.88. The van der Waals surface area contributed by atoms with E-state index in [-0.39, 0.29) is 6.17 Å². The molecule has 1 aliphatic heterocycles. The third-order valence-corrected chi connectivity index (χ3v) is 13.9. The van der Waals surface area contributed by atoms with Gasteiger partial charge in [-0.3, -0.25) is 5.01 Å². The highest BCUT2D eigenvalue weighted by Crippen LogP contribution is 2.44. The molecule has 290 valence electrons. The molecule has 11 aromatic rings. The van der Waals surface area contributed by atoms with Crippen LogP contribution in [-0.2, 0) is 13.0 Å². The summed E-state index contributed by atoms with van der Waals surface area (Å²) in [7, 11) is 0. The summed E-state index contributed by atoms with van der Waals surface area (Å²) in [6.45, 7) is 0.643. The number of aromatic nitrogens is 1. The van der Waals surface area contributed by atoms with Crippen molar-refractivity contribution in [3.63, 3.8) is 0 Å². The molecule has 0 bridgehead atoms. The van der Waals surface area contributed by atoms with E-state index in [1.165, 1.54) is 64.3 Å². The molecule has 13 rings (SSSR count). The molecule has 6 heteroatoms. The lowest BCUT2D eigenvalue weighted by atomic mass is 9.97. The van der Waals surface area contributed by atoms with Crippen molar-refractivity contribution >= 4 is 87.9 Å². The van der Waals surface area contributed by atoms with Crippen LogP contribution in [0.1, 0.15) is 39.7 Å². The Hall–Kier alpha value is -7.25. The maximum Gasteiger partial charge on any atom is 0.148 e. The van der Waals surface area contributed by atoms with Gasteiger partial charge in [-0.05, 0) is 94.4 Å². The second kappa shape index (κ2) is 13.6. The summed E-state index contributed by atoms with van der Waals surface area (Å²) < 4.78 is 10.7. The molecule has 3 aromatic heterocycles. The third-order valence-electron chi connectivity index (χ3n) is 12.7. The molecule has 0 fully saturated rings. The predicted molar refractivity (Wildman–Crippen MR) is 255 cm³/mol. The molecule has 4 heterocycles. The third kappa shape index (κ3) is 5.46. The van der Waals surface area contributed by atoms with Gasteiger partial charge < -0.3 is 8.98 Å². The van der Waals surface area contributed by atoms with E-state index < -0.39 is 0 Å². The van der Waals surface area contributed by atoms with Crippen molar-refractivity contribution in [1.29, 1.82) is 0 Å². The number of allylic oxidation sites excluding steroid dienone is 1. The SMILES string of the molecule is C1=Cc2sc3cccc(C4=NC(c5ccc(-n6c7ccccc7c7cc8ccccc8cc76)c6c5oc5ccccc56)NN4Cc4ccc(-c5ccccc5)cc4)c3c2CC1. The summed E-state index contributed by atoms with van der Waals surface area (Å²) in [5.74, 6) is 0.945. The number of benzene rings is 8. The highest BCUT2D eigenvalue weighted by molar-refractivity contribution is 7.20. The number of fused-ring (bicyclic) bond motifs is 10. The van der Waals surface area contributed by atoms with Crippen LogP contribution in [0.4, 0.5) is 0 Å². The normalized spacial score (nSPS) is 15.2. The zero-order valence-corrected chi connectivity index (χ0v) is 34.0. The van der Waals surface area contributed by atoms with Gasteiger partial charge in [0.2, 0.25) is 0 Å². The molecule has 0 radical (unpaired) electrons. The average Bonchev–Trinajstić information content (AvgIpc) is 4.09. The van der Waals surface area contributed by atoms with Crippen molar-refractivity contribution in [2.24, 2.45) is 4.99 Å². The van der Waals surface area contributed by atoms with Crippen LogP contribution in [-0.4, -0.2) is 15.4 Å². The molecule has 2 aliphatic rings. The summed E-state index contributed by atoms with van der Waals surface area (Å²) in [6, 6.07) is 61.3. The predicted octanol–water partition coefficient (Wildman–Crippen LogP) is 14.1. The van der Waals surface area contributed by atoms with Crippen LogP contribution in [0.5, 0.6) is 0 Å². The highest BCUT2D eigenvalue weighted by atomic mass is 32.1. The summed E-state index contributed by atoms with van der Waals surface area (Å²) >= 11 is 1.88. The van der Waals surface area contributed by atoms with E-state index in [9.17, 15) is 0 Å². The molecule has 0 saturated heterocycles. The number of rotatable bonds is 6. The minimum absolute atomic E-state index is 0.387. The maximum absolute atomic E-state index is 6.96. The second-order valence-electron chi connectivity index (χ2n) is 16.2. The Labute approximate surface area is 356 Å². The summed E-state index contributed by atoms with van der Waals surface area (Å²) in [5, 5.41) is 10.7. The van der Waals surface area contributed by atoms with Gasteiger partial charge in [0.15, 0.2) is 0 Å². The largest absolute Gasteiger partial charge is 0.456 e. The topological polar surface area (TPSA) is 45.7 Å². The fraction of sp³-hybridized carbons (Fsp3) is 0.0727. The van der Waals surface area contributed by atoms with Crippen LogP contribution in [0.3, 0.4) is 0 Å². The first-order valence-corrected chi connectivity index (χ1v) is 21.9. The van der Waals surface area contributed by atoms with Crippen molar-refractivity contribution in [2.45, 2.75) is 25.6 Å². The van der Waals surface area contributed by atoms with Gasteiger partial charge in [0.25, 0.3) is 0 Å². The number of aliphatic imine (C=N–C) groups is 1. The van der Waals surface area contributed by atoms with Gasteiger partial charge in [-0.2, -0.15) is 0 Å². The van der Waals surface area contributed by atoms with Gasteiger partial charge in [-0.25, -0.2) is 10.4 Å². The van der Waals surface area contributed by atoms with E-state index in [2.05, 4.69) is 197 Å². The Morgan fingerprint density at radius 1 is 0.656 bits per heavy atom. The molecule has 8 aromatic carbocycles. The number of hydrogen-bond acceptors (Lipinski definition) is 5. The zero-order chi connectivity index (χ0) is 40.0. The Morgan fingerprint density at radius 3 is 2.31 bits per heavy atom. The Morgan fingerprint density at radius 2 is 1.43 bits per heavy atom. The highest BCUT2D eigenvalue weighted by Gasteiger charge is 2.32. The van der Waals surface area contributed by atoms with Gasteiger partial charge in [0.1, 0.15) is 23.2 Å². The smallest absolute Gasteiger partial charge is 0.148 e. The Bertz CT molecular complexity index is 3610. The van der Waals surface area contributed by atoms with Crippen LogP contribution < -0.4 is 5.43 Å². The van der Waals surface area contributed by atoms with Crippen LogP contribution >= 0.6 is 11.3 Å². The molecule has 0 amide bonds. The van der Waals surface area contributed by atoms with Crippen molar-refractivity contribution in [3.8, 4) is 16.8 Å². The van der Waals surface area contributed by atoms with Crippen LogP contribution in [0.2, 0.25) is 0 Å². The number of furan rings is 1. The first kappa shape index (κ1) is 34.6. The Kier molecular flexibility index (Phi) is 7.74. The van der Waals surface area contributed by atoms with Crippen LogP contribution in [0.25, 0.3) is 87.5 Å². The molecule has 1 atom stereocenters. The lowest BCUT2D eigenvalue weighted by Crippen LogP contribution is -2.38. The van der Waals surface area contributed by atoms with Gasteiger partial charge in [0, 0.05) is 42.2 Å². The molecule has 1 N–H and O–H groups in total. The minimum Gasteiger partial charge on any atom is -0.456 e. The maximum atomic E-state index is 6.96. The molecular formula is C55H38N4OS. The second-order valence-corrected chi connectivity index (χ2v) is 17.3. The van der Waals surface area contributed by atoms with Crippen molar-refractivity contribution in [3.05, 3.63) is 203 Å². The van der Waals surface area contributed by atoms with E-state index in [1.54, 1.807) is 0 Å². The summed E-state index contributed by atoms with van der Waals surface area (Å²) in [4.78, 5) is 7.01. The van der Waals surface area contributed by atoms with Crippen molar-refractivity contribution in [2.75, 3.05) is 0 Å². The minimum atomic E-state index is -0.387. The molecule has 0 saturated carbocycles. The molecule has 0 spiro atoms. The van der Waals surface area contributed by atoms with E-state index in [4.69, 9.17) is 9.41 Å². The van der Waals surface area contributed by atoms with Crippen LogP contribution in [0.15, 0.2) is 185 Å². The van der Waals surface area contributed by atoms with Gasteiger partial charge in [0.05, 0.1) is 28.7 Å². The molecule has 1 aliphatic carbocycles. The number of nitrogens with one attached hydrogen (secondary N) is 1. The Balaban J connectivity index is 0.996. The summed E-state index contributed by atoms with van der Waals surface area (Å²) in [5.41, 5.74) is 16.3. The zero-order valence-electron chi connectivity index (χ0n) is 33.2. The standard InChI is InChI=1S/C55H38N4OS/c1-2-13-35(14-3-1)36-27-25-34(26-28-36)33-58-55(42-20-12-24-50-51(42)41-19-8-11-23-49(41)61-50)56-54(57-58)43-29-30-46(52-40-18-7-10-22-48(40)60-53(43)52)59-45-21-9-6-17-39(45)44-31-37-15-4-5-16-38(37)32-47(44)59/h1-7,9-18,20-32,54,57H,8,19,33H2. The summed E-state index contributed by atoms with van der Waals surface area (Å²) in [6.07, 6.45) is 6.31. The van der Waals surface area contributed by atoms with Gasteiger partial charge >= 0.3 is 0 Å².